The van der Waals surface area contributed by atoms with Gasteiger partial charge in [0.1, 0.15) is 0 Å². The van der Waals surface area contributed by atoms with Crippen molar-refractivity contribution in [3.8, 4) is 0 Å². The predicted octanol–water partition coefficient (Wildman–Crippen LogP) is 1.83. The maximum atomic E-state index is 5.17. The van der Waals surface area contributed by atoms with Gasteiger partial charge in [0, 0.05) is 0 Å². The Morgan fingerprint density at radius 2 is 1.22 bits per heavy atom. The molecular formula is C12H32N3PSe2. The standard InChI is InChI=1S/C8H21N2PSe2.C4H11N/c1-7(2)5-9-11(12,13)10-6-8(3)4;1-4(2)3-5/h7-8H,5-6H2,1-4H3,(H3,9,10,12,13);4H,3,5H2,1-2H3. The fraction of sp³-hybridized carbons (Fsp3) is 1.00. The number of nitrogens with two attached hydrogens (primary N) is 1. The molecule has 4 N–H and O–H groups in total. The van der Waals surface area contributed by atoms with E-state index in [4.69, 9.17) is 5.73 Å². The second-order valence-electron chi connectivity index (χ2n) is 5.72. The summed E-state index contributed by atoms with van der Waals surface area (Å²) in [6.07, 6.45) is 0. The van der Waals surface area contributed by atoms with E-state index >= 15 is 0 Å². The molecule has 0 radical (unpaired) electrons. The monoisotopic (exact) mass is 409 g/mol. The summed E-state index contributed by atoms with van der Waals surface area (Å²) >= 11 is 5.95. The van der Waals surface area contributed by atoms with Gasteiger partial charge in [-0.1, -0.05) is 13.8 Å². The molecule has 0 aliphatic carbocycles. The molecular weight excluding hydrogens is 375 g/mol. The van der Waals surface area contributed by atoms with Gasteiger partial charge in [0.25, 0.3) is 0 Å². The second-order valence-corrected chi connectivity index (χ2v) is 18.7. The summed E-state index contributed by atoms with van der Waals surface area (Å²) in [6.45, 7) is 16.0. The fourth-order valence-corrected chi connectivity index (χ4v) is 3.97. The third-order valence-corrected chi connectivity index (χ3v) is 6.53. The molecule has 3 nitrogen and oxygen atoms in total. The molecule has 0 spiro atoms. The van der Waals surface area contributed by atoms with Crippen molar-refractivity contribution < 1.29 is 0 Å². The second kappa shape index (κ2) is 12.1. The van der Waals surface area contributed by atoms with Crippen LogP contribution in [0, 0.1) is 17.8 Å². The van der Waals surface area contributed by atoms with Gasteiger partial charge in [0.05, 0.1) is 0 Å². The molecule has 0 aromatic rings. The van der Waals surface area contributed by atoms with Gasteiger partial charge in [-0.2, -0.15) is 0 Å². The van der Waals surface area contributed by atoms with Gasteiger partial charge in [-0.15, -0.1) is 0 Å². The first-order valence-electron chi connectivity index (χ1n) is 6.63. The molecule has 0 unspecified atom stereocenters. The molecule has 0 saturated carbocycles. The van der Waals surface area contributed by atoms with E-state index in [2.05, 4.69) is 82.4 Å². The van der Waals surface area contributed by atoms with Crippen LogP contribution < -0.4 is 15.9 Å². The Labute approximate surface area is 130 Å². The van der Waals surface area contributed by atoms with Crippen LogP contribution in [0.25, 0.3) is 0 Å². The summed E-state index contributed by atoms with van der Waals surface area (Å²) < 4.78 is -1.24. The molecule has 0 aromatic heterocycles. The molecule has 0 saturated heterocycles. The zero-order chi connectivity index (χ0) is 14.8. The Balaban J connectivity index is 0. The van der Waals surface area contributed by atoms with Gasteiger partial charge < -0.3 is 5.73 Å². The van der Waals surface area contributed by atoms with Crippen LogP contribution in [0.15, 0.2) is 0 Å². The number of rotatable bonds is 7. The molecule has 0 atom stereocenters. The van der Waals surface area contributed by atoms with E-state index in [-0.39, 0.29) is 0 Å². The van der Waals surface area contributed by atoms with E-state index in [1.807, 2.05) is 0 Å². The van der Waals surface area contributed by atoms with Crippen molar-refractivity contribution in [1.29, 1.82) is 0 Å². The third-order valence-electron chi connectivity index (χ3n) is 1.90. The molecule has 0 heterocycles. The molecule has 18 heavy (non-hydrogen) atoms. The van der Waals surface area contributed by atoms with Crippen LogP contribution >= 0.6 is 4.50 Å². The molecule has 0 aliphatic heterocycles. The first-order chi connectivity index (χ1) is 8.10. The zero-order valence-electron chi connectivity index (χ0n) is 12.7. The van der Waals surface area contributed by atoms with E-state index in [1.165, 1.54) is 0 Å². The van der Waals surface area contributed by atoms with Crippen molar-refractivity contribution >= 4 is 35.2 Å². The summed E-state index contributed by atoms with van der Waals surface area (Å²) in [5.41, 5.74) is 5.17. The minimum atomic E-state index is -1.24. The normalized spacial score (nSPS) is 11.9. The van der Waals surface area contributed by atoms with E-state index in [1.54, 1.807) is 0 Å². The van der Waals surface area contributed by atoms with Crippen molar-refractivity contribution in [3.05, 3.63) is 0 Å². The number of hydrogen-bond donors (Lipinski definition) is 3. The molecule has 0 amide bonds. The van der Waals surface area contributed by atoms with Gasteiger partial charge in [-0.05, 0) is 12.5 Å². The molecule has 0 aliphatic rings. The fourth-order valence-electron chi connectivity index (χ4n) is 0.669. The van der Waals surface area contributed by atoms with E-state index < -0.39 is 4.50 Å². The average molecular weight is 407 g/mol. The van der Waals surface area contributed by atoms with Crippen LogP contribution in [-0.2, 0) is 0 Å². The molecule has 112 valence electrons. The van der Waals surface area contributed by atoms with Crippen molar-refractivity contribution in [3.63, 3.8) is 0 Å². The van der Waals surface area contributed by atoms with Crippen molar-refractivity contribution in [2.75, 3.05) is 19.6 Å². The molecule has 0 rings (SSSR count). The first-order valence-corrected chi connectivity index (χ1v) is 13.1. The van der Waals surface area contributed by atoms with Crippen LogP contribution in [0.4, 0.5) is 0 Å². The maximum absolute atomic E-state index is 5.17. The van der Waals surface area contributed by atoms with Crippen molar-refractivity contribution in [1.82, 2.24) is 10.2 Å². The number of nitrogens with one attached hydrogen (secondary N) is 2. The summed E-state index contributed by atoms with van der Waals surface area (Å²) in [4.78, 5) is 0. The number of hydrogen-bond acceptors (Lipinski definition) is 3. The van der Waals surface area contributed by atoms with E-state index in [0.717, 1.165) is 19.6 Å². The van der Waals surface area contributed by atoms with Gasteiger partial charge in [-0.25, -0.2) is 0 Å². The Bertz CT molecular complexity index is 217. The minimum absolute atomic E-state index is 0.662. The van der Waals surface area contributed by atoms with Crippen molar-refractivity contribution in [2.24, 2.45) is 23.5 Å². The van der Waals surface area contributed by atoms with E-state index in [0.29, 0.717) is 17.8 Å². The molecule has 0 bridgehead atoms. The van der Waals surface area contributed by atoms with Crippen molar-refractivity contribution in [2.45, 2.75) is 41.5 Å². The molecule has 0 fully saturated rings. The van der Waals surface area contributed by atoms with Gasteiger partial charge in [0.2, 0.25) is 0 Å². The Morgan fingerprint density at radius 1 is 0.944 bits per heavy atom. The Kier molecular flexibility index (Phi) is 14.6. The quantitative estimate of drug-likeness (QED) is 0.446. The van der Waals surface area contributed by atoms with Crippen LogP contribution in [0.1, 0.15) is 41.5 Å². The summed E-state index contributed by atoms with van der Waals surface area (Å²) in [6, 6.07) is 0. The summed E-state index contributed by atoms with van der Waals surface area (Å²) in [7, 11) is 0. The predicted molar refractivity (Wildman–Crippen MR) is 89.4 cm³/mol. The summed E-state index contributed by atoms with van der Waals surface area (Å²) in [5.74, 6) is 2.07. The molecule has 6 heteroatoms. The van der Waals surface area contributed by atoms with E-state index in [9.17, 15) is 0 Å². The average Bonchev–Trinajstić information content (AvgIpc) is 2.25. The zero-order valence-corrected chi connectivity index (χ0v) is 17.2. The van der Waals surface area contributed by atoms with Crippen LogP contribution in [0.5, 0.6) is 0 Å². The van der Waals surface area contributed by atoms with Crippen LogP contribution in [-0.4, -0.2) is 50.3 Å². The topological polar surface area (TPSA) is 50.1 Å². The van der Waals surface area contributed by atoms with Crippen LogP contribution in [0.2, 0.25) is 0 Å². The Morgan fingerprint density at radius 3 is 1.39 bits per heavy atom. The molecule has 0 aromatic carbocycles. The summed E-state index contributed by atoms with van der Waals surface area (Å²) in [5, 5.41) is 7.06. The Hall–Kier alpha value is 1.35. The van der Waals surface area contributed by atoms with Gasteiger partial charge in [0.15, 0.2) is 0 Å². The first kappa shape index (κ1) is 21.6. The van der Waals surface area contributed by atoms with Crippen LogP contribution in [0.3, 0.4) is 0 Å². The SMILES string of the molecule is CC(C)CN.CC(C)CNP(=[Se])([SeH])NCC(C)C. The van der Waals surface area contributed by atoms with Gasteiger partial charge in [-0.3, -0.25) is 0 Å². The third kappa shape index (κ3) is 19.7. The van der Waals surface area contributed by atoms with Gasteiger partial charge >= 0.3 is 98.0 Å².